The highest BCUT2D eigenvalue weighted by Gasteiger charge is 2.02. The number of nitrogens with two attached hydrogens (primary N) is 1. The topological polar surface area (TPSA) is 38.0 Å². The van der Waals surface area contributed by atoms with Gasteiger partial charge in [0.1, 0.15) is 5.82 Å². The third-order valence-corrected chi connectivity index (χ3v) is 2.45. The highest BCUT2D eigenvalue weighted by molar-refractivity contribution is 6.33. The molecule has 0 unspecified atom stereocenters. The molecule has 2 aromatic carbocycles. The van der Waals surface area contributed by atoms with Crippen LogP contribution in [0.15, 0.2) is 42.5 Å². The fourth-order valence-electron chi connectivity index (χ4n) is 1.32. The molecule has 0 bridgehead atoms. The Bertz CT molecular complexity index is 497. The molecule has 82 valence electrons. The second kappa shape index (κ2) is 4.41. The summed E-state index contributed by atoms with van der Waals surface area (Å²) in [5.74, 6) is -0.331. The average Bonchev–Trinajstić information content (AvgIpc) is 2.27. The number of anilines is 3. The van der Waals surface area contributed by atoms with Crippen molar-refractivity contribution in [1.29, 1.82) is 0 Å². The highest BCUT2D eigenvalue weighted by atomic mass is 35.5. The van der Waals surface area contributed by atoms with Gasteiger partial charge in [-0.3, -0.25) is 0 Å². The first-order valence-electron chi connectivity index (χ1n) is 4.73. The second-order valence-corrected chi connectivity index (χ2v) is 3.78. The number of nitrogens with one attached hydrogen (secondary N) is 1. The molecule has 0 aliphatic heterocycles. The van der Waals surface area contributed by atoms with Crippen LogP contribution in [0.4, 0.5) is 21.5 Å². The first kappa shape index (κ1) is 10.8. The van der Waals surface area contributed by atoms with Gasteiger partial charge in [-0.25, -0.2) is 4.39 Å². The van der Waals surface area contributed by atoms with Crippen molar-refractivity contribution in [3.05, 3.63) is 53.3 Å². The number of nitrogen functional groups attached to an aromatic ring is 1. The first-order chi connectivity index (χ1) is 7.65. The van der Waals surface area contributed by atoms with Crippen molar-refractivity contribution >= 4 is 28.7 Å². The number of hydrogen-bond donors (Lipinski definition) is 2. The Balaban J connectivity index is 2.26. The van der Waals surface area contributed by atoms with E-state index < -0.39 is 0 Å². The number of benzene rings is 2. The average molecular weight is 237 g/mol. The number of rotatable bonds is 2. The van der Waals surface area contributed by atoms with E-state index in [4.69, 9.17) is 17.3 Å². The molecule has 2 aromatic rings. The van der Waals surface area contributed by atoms with Crippen molar-refractivity contribution in [2.75, 3.05) is 11.1 Å². The minimum Gasteiger partial charge on any atom is -0.399 e. The summed E-state index contributed by atoms with van der Waals surface area (Å²) in [6, 6.07) is 11.3. The molecule has 0 aromatic heterocycles. The minimum atomic E-state index is -0.331. The summed E-state index contributed by atoms with van der Waals surface area (Å²) in [7, 11) is 0. The van der Waals surface area contributed by atoms with E-state index in [9.17, 15) is 4.39 Å². The zero-order valence-corrected chi connectivity index (χ0v) is 9.13. The van der Waals surface area contributed by atoms with Crippen LogP contribution in [-0.4, -0.2) is 0 Å². The van der Waals surface area contributed by atoms with E-state index in [1.165, 1.54) is 18.2 Å². The third-order valence-electron chi connectivity index (χ3n) is 2.12. The molecule has 2 nitrogen and oxygen atoms in total. The van der Waals surface area contributed by atoms with Crippen molar-refractivity contribution in [3.8, 4) is 0 Å². The van der Waals surface area contributed by atoms with Crippen LogP contribution in [0.25, 0.3) is 0 Å². The summed E-state index contributed by atoms with van der Waals surface area (Å²) >= 11 is 5.92. The van der Waals surface area contributed by atoms with Gasteiger partial charge in [0.2, 0.25) is 0 Å². The van der Waals surface area contributed by atoms with Crippen LogP contribution in [0.5, 0.6) is 0 Å². The highest BCUT2D eigenvalue weighted by Crippen LogP contribution is 2.26. The van der Waals surface area contributed by atoms with Gasteiger partial charge in [0.05, 0.1) is 10.7 Å². The molecule has 0 saturated heterocycles. The predicted molar refractivity (Wildman–Crippen MR) is 65.5 cm³/mol. The van der Waals surface area contributed by atoms with Gasteiger partial charge in [-0.15, -0.1) is 0 Å². The van der Waals surface area contributed by atoms with E-state index in [0.29, 0.717) is 16.4 Å². The van der Waals surface area contributed by atoms with E-state index in [2.05, 4.69) is 5.32 Å². The van der Waals surface area contributed by atoms with Crippen molar-refractivity contribution in [2.24, 2.45) is 0 Å². The molecule has 0 aliphatic rings. The Kier molecular flexibility index (Phi) is 2.97. The van der Waals surface area contributed by atoms with E-state index in [1.807, 2.05) is 0 Å². The molecule has 3 N–H and O–H groups in total. The number of hydrogen-bond acceptors (Lipinski definition) is 2. The summed E-state index contributed by atoms with van der Waals surface area (Å²) in [6.45, 7) is 0. The summed E-state index contributed by atoms with van der Waals surface area (Å²) < 4.78 is 13.0. The Hall–Kier alpha value is -1.74. The zero-order valence-electron chi connectivity index (χ0n) is 8.37. The summed E-state index contributed by atoms with van der Waals surface area (Å²) in [5.41, 5.74) is 7.58. The fourth-order valence-corrected chi connectivity index (χ4v) is 1.48. The molecule has 0 radical (unpaired) electrons. The molecule has 0 fully saturated rings. The first-order valence-corrected chi connectivity index (χ1v) is 5.10. The molecular formula is C12H10ClFN2. The lowest BCUT2D eigenvalue weighted by Gasteiger charge is -2.08. The molecule has 0 atom stereocenters. The molecule has 0 amide bonds. The largest absolute Gasteiger partial charge is 0.399 e. The molecule has 16 heavy (non-hydrogen) atoms. The van der Waals surface area contributed by atoms with Gasteiger partial charge >= 0.3 is 0 Å². The SMILES string of the molecule is Nc1ccc(Nc2cc(F)ccc2Cl)cc1. The Labute approximate surface area is 97.8 Å². The van der Waals surface area contributed by atoms with Crippen LogP contribution in [0.1, 0.15) is 0 Å². The Morgan fingerprint density at radius 1 is 1.06 bits per heavy atom. The van der Waals surface area contributed by atoms with Gasteiger partial charge in [0.25, 0.3) is 0 Å². The van der Waals surface area contributed by atoms with Gasteiger partial charge in [0, 0.05) is 11.4 Å². The van der Waals surface area contributed by atoms with Gasteiger partial charge in [0.15, 0.2) is 0 Å². The maximum atomic E-state index is 13.0. The van der Waals surface area contributed by atoms with Crippen LogP contribution in [-0.2, 0) is 0 Å². The lowest BCUT2D eigenvalue weighted by atomic mass is 10.2. The minimum absolute atomic E-state index is 0.331. The summed E-state index contributed by atoms with van der Waals surface area (Å²) in [6.07, 6.45) is 0. The maximum Gasteiger partial charge on any atom is 0.125 e. The summed E-state index contributed by atoms with van der Waals surface area (Å²) in [5, 5.41) is 3.48. The zero-order chi connectivity index (χ0) is 11.5. The van der Waals surface area contributed by atoms with Crippen molar-refractivity contribution in [3.63, 3.8) is 0 Å². The molecule has 4 heteroatoms. The monoisotopic (exact) mass is 236 g/mol. The van der Waals surface area contributed by atoms with Gasteiger partial charge in [-0.05, 0) is 42.5 Å². The maximum absolute atomic E-state index is 13.0. The van der Waals surface area contributed by atoms with E-state index >= 15 is 0 Å². The van der Waals surface area contributed by atoms with Gasteiger partial charge in [-0.1, -0.05) is 11.6 Å². The van der Waals surface area contributed by atoms with Crippen LogP contribution >= 0.6 is 11.6 Å². The fraction of sp³-hybridized carbons (Fsp3) is 0. The molecule has 2 rings (SSSR count). The molecule has 0 heterocycles. The number of halogens is 2. The normalized spacial score (nSPS) is 10.1. The second-order valence-electron chi connectivity index (χ2n) is 3.37. The smallest absolute Gasteiger partial charge is 0.125 e. The van der Waals surface area contributed by atoms with Crippen LogP contribution in [0.2, 0.25) is 5.02 Å². The quantitative estimate of drug-likeness (QED) is 0.779. The molecule has 0 spiro atoms. The van der Waals surface area contributed by atoms with Crippen molar-refractivity contribution < 1.29 is 4.39 Å². The lowest BCUT2D eigenvalue weighted by Crippen LogP contribution is -1.92. The lowest BCUT2D eigenvalue weighted by molar-refractivity contribution is 0.628. The third kappa shape index (κ3) is 2.44. The van der Waals surface area contributed by atoms with E-state index in [1.54, 1.807) is 24.3 Å². The van der Waals surface area contributed by atoms with Crippen molar-refractivity contribution in [1.82, 2.24) is 0 Å². The van der Waals surface area contributed by atoms with E-state index in [0.717, 1.165) is 5.69 Å². The molecular weight excluding hydrogens is 227 g/mol. The predicted octanol–water partition coefficient (Wildman–Crippen LogP) is 3.80. The standard InChI is InChI=1S/C12H10ClFN2/c13-11-6-1-8(14)7-12(11)16-10-4-2-9(15)3-5-10/h1-7,16H,15H2. The van der Waals surface area contributed by atoms with Crippen LogP contribution in [0.3, 0.4) is 0 Å². The van der Waals surface area contributed by atoms with Gasteiger partial charge in [-0.2, -0.15) is 0 Å². The molecule has 0 aliphatic carbocycles. The summed E-state index contributed by atoms with van der Waals surface area (Å²) in [4.78, 5) is 0. The molecule has 0 saturated carbocycles. The Morgan fingerprint density at radius 2 is 1.75 bits per heavy atom. The van der Waals surface area contributed by atoms with Crippen molar-refractivity contribution in [2.45, 2.75) is 0 Å². The van der Waals surface area contributed by atoms with Crippen LogP contribution in [0, 0.1) is 5.82 Å². The van der Waals surface area contributed by atoms with E-state index in [-0.39, 0.29) is 5.82 Å². The Morgan fingerprint density at radius 3 is 2.44 bits per heavy atom. The van der Waals surface area contributed by atoms with Gasteiger partial charge < -0.3 is 11.1 Å². The van der Waals surface area contributed by atoms with Crippen LogP contribution < -0.4 is 11.1 Å².